The van der Waals surface area contributed by atoms with Gasteiger partial charge in [0.1, 0.15) is 5.69 Å². The number of rotatable bonds is 5. The highest BCUT2D eigenvalue weighted by Crippen LogP contribution is 2.37. The van der Waals surface area contributed by atoms with Crippen LogP contribution in [0.5, 0.6) is 0 Å². The van der Waals surface area contributed by atoms with E-state index in [4.69, 9.17) is 0 Å². The fourth-order valence-electron chi connectivity index (χ4n) is 6.06. The Hall–Kier alpha value is -2.21. The van der Waals surface area contributed by atoms with Crippen LogP contribution in [0.25, 0.3) is 11.3 Å². The molecule has 6 heteroatoms. The van der Waals surface area contributed by atoms with Gasteiger partial charge in [-0.05, 0) is 49.1 Å². The van der Waals surface area contributed by atoms with Gasteiger partial charge in [-0.2, -0.15) is 0 Å². The van der Waals surface area contributed by atoms with Crippen LogP contribution >= 0.6 is 0 Å². The molecule has 1 saturated carbocycles. The molecule has 33 heavy (non-hydrogen) atoms. The standard InChI is InChI=1S/C27H39N5O/c1-27(2,3)21-11-9-19(10-12-21)25-18-32(30-29-25)16-23-15-20-13-14-31(23)17-24(20)26(33)28-22-7-5-4-6-8-22/h9-12,18,20,22-24H,4-8,13-17H2,1-3H3,(H,28,33)/t20?,23-,24+/m1/s1. The van der Waals surface area contributed by atoms with E-state index in [0.29, 0.717) is 23.9 Å². The minimum absolute atomic E-state index is 0.149. The molecule has 4 aliphatic rings. The second kappa shape index (κ2) is 9.21. The number of carbonyl (C=O) groups excluding carboxylic acids is 1. The molecule has 1 amide bonds. The van der Waals surface area contributed by atoms with Gasteiger partial charge in [0.15, 0.2) is 0 Å². The highest BCUT2D eigenvalue weighted by atomic mass is 16.2. The maximum atomic E-state index is 13.0. The molecule has 1 N–H and O–H groups in total. The molecule has 0 radical (unpaired) electrons. The van der Waals surface area contributed by atoms with Crippen LogP contribution in [-0.2, 0) is 16.8 Å². The summed E-state index contributed by atoms with van der Waals surface area (Å²) in [5.74, 6) is 0.956. The van der Waals surface area contributed by atoms with Gasteiger partial charge in [-0.15, -0.1) is 5.10 Å². The highest BCUT2D eigenvalue weighted by molar-refractivity contribution is 5.79. The van der Waals surface area contributed by atoms with E-state index in [2.05, 4.69) is 71.8 Å². The van der Waals surface area contributed by atoms with Gasteiger partial charge in [0, 0.05) is 24.2 Å². The van der Waals surface area contributed by atoms with Crippen molar-refractivity contribution in [1.29, 1.82) is 0 Å². The van der Waals surface area contributed by atoms with E-state index in [1.54, 1.807) is 0 Å². The predicted octanol–water partition coefficient (Wildman–Crippen LogP) is 4.40. The summed E-state index contributed by atoms with van der Waals surface area (Å²) in [4.78, 5) is 15.5. The van der Waals surface area contributed by atoms with Crippen molar-refractivity contribution in [2.45, 2.75) is 89.8 Å². The van der Waals surface area contributed by atoms with Crippen LogP contribution in [0.1, 0.15) is 71.3 Å². The second-order valence-electron chi connectivity index (χ2n) is 11.5. The lowest BCUT2D eigenvalue weighted by Gasteiger charge is -2.49. The molecule has 4 fully saturated rings. The van der Waals surface area contributed by atoms with Crippen molar-refractivity contribution in [2.75, 3.05) is 13.1 Å². The fraction of sp³-hybridized carbons (Fsp3) is 0.667. The minimum Gasteiger partial charge on any atom is -0.353 e. The number of piperidine rings is 3. The third-order valence-corrected chi connectivity index (χ3v) is 8.15. The first kappa shape index (κ1) is 22.6. The lowest BCUT2D eigenvalue weighted by Crippen LogP contribution is -2.58. The van der Waals surface area contributed by atoms with Crippen molar-refractivity contribution >= 4 is 5.91 Å². The average Bonchev–Trinajstić information content (AvgIpc) is 3.28. The van der Waals surface area contributed by atoms with E-state index in [1.165, 1.54) is 24.8 Å². The number of hydrogen-bond donors (Lipinski definition) is 1. The summed E-state index contributed by atoms with van der Waals surface area (Å²) < 4.78 is 2.00. The molecular formula is C27H39N5O. The number of carbonyl (C=O) groups is 1. The Balaban J connectivity index is 1.19. The molecule has 1 aromatic heterocycles. The van der Waals surface area contributed by atoms with Gasteiger partial charge >= 0.3 is 0 Å². The molecule has 0 spiro atoms. The second-order valence-corrected chi connectivity index (χ2v) is 11.5. The normalized spacial score (nSPS) is 28.1. The lowest BCUT2D eigenvalue weighted by atomic mass is 9.75. The smallest absolute Gasteiger partial charge is 0.224 e. The number of nitrogens with one attached hydrogen (secondary N) is 1. The van der Waals surface area contributed by atoms with Crippen LogP contribution in [0.15, 0.2) is 30.5 Å². The van der Waals surface area contributed by atoms with Crippen LogP contribution in [0, 0.1) is 11.8 Å². The van der Waals surface area contributed by atoms with Crippen molar-refractivity contribution in [3.8, 4) is 11.3 Å². The number of amides is 1. The molecule has 2 unspecified atom stereocenters. The zero-order valence-corrected chi connectivity index (χ0v) is 20.5. The fourth-order valence-corrected chi connectivity index (χ4v) is 6.06. The third kappa shape index (κ3) is 5.01. The van der Waals surface area contributed by atoms with Crippen LogP contribution in [0.2, 0.25) is 0 Å². The summed E-state index contributed by atoms with van der Waals surface area (Å²) >= 11 is 0. The number of hydrogen-bond acceptors (Lipinski definition) is 4. The van der Waals surface area contributed by atoms with Crippen LogP contribution in [0.3, 0.4) is 0 Å². The molecule has 6 rings (SSSR count). The zero-order chi connectivity index (χ0) is 23.0. The van der Waals surface area contributed by atoms with E-state index in [9.17, 15) is 4.79 Å². The summed E-state index contributed by atoms with van der Waals surface area (Å²) in [7, 11) is 0. The molecular weight excluding hydrogens is 410 g/mol. The van der Waals surface area contributed by atoms with E-state index < -0.39 is 0 Å². The van der Waals surface area contributed by atoms with Crippen molar-refractivity contribution in [2.24, 2.45) is 11.8 Å². The highest BCUT2D eigenvalue weighted by Gasteiger charge is 2.43. The van der Waals surface area contributed by atoms with Crippen molar-refractivity contribution in [3.63, 3.8) is 0 Å². The largest absolute Gasteiger partial charge is 0.353 e. The number of aromatic nitrogens is 3. The Morgan fingerprint density at radius 1 is 1.09 bits per heavy atom. The Kier molecular flexibility index (Phi) is 6.30. The van der Waals surface area contributed by atoms with Crippen LogP contribution < -0.4 is 5.32 Å². The molecule has 1 aromatic carbocycles. The van der Waals surface area contributed by atoms with Gasteiger partial charge in [-0.1, -0.05) is 69.5 Å². The molecule has 178 valence electrons. The third-order valence-electron chi connectivity index (χ3n) is 8.15. The van der Waals surface area contributed by atoms with E-state index in [1.807, 2.05) is 4.68 Å². The topological polar surface area (TPSA) is 63.1 Å². The molecule has 3 aliphatic heterocycles. The maximum Gasteiger partial charge on any atom is 0.224 e. The molecule has 1 aliphatic carbocycles. The predicted molar refractivity (Wildman–Crippen MR) is 131 cm³/mol. The molecule has 4 heterocycles. The summed E-state index contributed by atoms with van der Waals surface area (Å²) in [5.41, 5.74) is 3.51. The molecule has 2 bridgehead atoms. The number of benzene rings is 1. The van der Waals surface area contributed by atoms with Crippen LogP contribution in [0.4, 0.5) is 0 Å². The van der Waals surface area contributed by atoms with Crippen molar-refractivity contribution < 1.29 is 4.79 Å². The Bertz CT molecular complexity index is 954. The lowest BCUT2D eigenvalue weighted by molar-refractivity contribution is -0.134. The summed E-state index contributed by atoms with van der Waals surface area (Å²) in [6, 6.07) is 9.54. The first-order valence-corrected chi connectivity index (χ1v) is 12.9. The van der Waals surface area contributed by atoms with Crippen molar-refractivity contribution in [1.82, 2.24) is 25.2 Å². The Labute approximate surface area is 198 Å². The monoisotopic (exact) mass is 449 g/mol. The summed E-state index contributed by atoms with van der Waals surface area (Å²) in [6.07, 6.45) is 10.4. The quantitative estimate of drug-likeness (QED) is 0.735. The average molecular weight is 450 g/mol. The maximum absolute atomic E-state index is 13.0. The summed E-state index contributed by atoms with van der Waals surface area (Å²) in [5, 5.41) is 12.3. The molecule has 6 nitrogen and oxygen atoms in total. The number of fused-ring (bicyclic) bond motifs is 3. The Morgan fingerprint density at radius 3 is 2.52 bits per heavy atom. The first-order valence-electron chi connectivity index (χ1n) is 12.9. The van der Waals surface area contributed by atoms with E-state index in [0.717, 1.165) is 56.6 Å². The SMILES string of the molecule is CC(C)(C)c1ccc(-c2cn(C[C@H]3CC4CCN3C[C@@H]4C(=O)NC3CCCCC3)nn2)cc1. The van der Waals surface area contributed by atoms with Gasteiger partial charge in [0.05, 0.1) is 18.7 Å². The molecule has 4 atom stereocenters. The van der Waals surface area contributed by atoms with E-state index >= 15 is 0 Å². The van der Waals surface area contributed by atoms with Gasteiger partial charge in [0.25, 0.3) is 0 Å². The molecule has 2 aromatic rings. The van der Waals surface area contributed by atoms with E-state index in [-0.39, 0.29) is 11.3 Å². The van der Waals surface area contributed by atoms with Gasteiger partial charge < -0.3 is 5.32 Å². The minimum atomic E-state index is 0.149. The number of nitrogens with zero attached hydrogens (tertiary/aromatic N) is 4. The Morgan fingerprint density at radius 2 is 1.85 bits per heavy atom. The zero-order valence-electron chi connectivity index (χ0n) is 20.5. The summed E-state index contributed by atoms with van der Waals surface area (Å²) in [6.45, 7) is 9.53. The van der Waals surface area contributed by atoms with Gasteiger partial charge in [0.2, 0.25) is 5.91 Å². The van der Waals surface area contributed by atoms with Crippen LogP contribution in [-0.4, -0.2) is 51.0 Å². The first-order chi connectivity index (χ1) is 15.9. The molecule has 3 saturated heterocycles. The van der Waals surface area contributed by atoms with Gasteiger partial charge in [-0.3, -0.25) is 14.4 Å². The van der Waals surface area contributed by atoms with Gasteiger partial charge in [-0.25, -0.2) is 0 Å². The van der Waals surface area contributed by atoms with Crippen molar-refractivity contribution in [3.05, 3.63) is 36.0 Å².